The number of fused-ring (bicyclic) bond motifs is 1. The maximum absolute atomic E-state index is 12.9. The molecule has 2 aromatic carbocycles. The van der Waals surface area contributed by atoms with Crippen LogP contribution in [0.1, 0.15) is 24.2 Å². The highest BCUT2D eigenvalue weighted by atomic mass is 35.5. The smallest absolute Gasteiger partial charge is 0.262 e. The molecule has 26 heavy (non-hydrogen) atoms. The second kappa shape index (κ2) is 7.93. The molecule has 3 aromatic rings. The summed E-state index contributed by atoms with van der Waals surface area (Å²) in [7, 11) is 0. The molecule has 0 aliphatic rings. The van der Waals surface area contributed by atoms with Crippen molar-refractivity contribution < 1.29 is 4.79 Å². The quantitative estimate of drug-likeness (QED) is 0.515. The minimum Gasteiger partial charge on any atom is -0.368 e. The van der Waals surface area contributed by atoms with E-state index in [0.29, 0.717) is 27.6 Å². The summed E-state index contributed by atoms with van der Waals surface area (Å²) in [5, 5.41) is 0.827. The summed E-state index contributed by atoms with van der Waals surface area (Å²) < 4.78 is 1.60. The van der Waals surface area contributed by atoms with Crippen LogP contribution in [0, 0.1) is 0 Å². The van der Waals surface area contributed by atoms with Crippen molar-refractivity contribution in [1.29, 1.82) is 0 Å². The molecule has 0 radical (unpaired) electrons. The van der Waals surface area contributed by atoms with Gasteiger partial charge in [0.25, 0.3) is 5.56 Å². The molecule has 3 rings (SSSR count). The lowest BCUT2D eigenvalue weighted by Crippen LogP contribution is -2.25. The van der Waals surface area contributed by atoms with Gasteiger partial charge in [0.1, 0.15) is 5.25 Å². The van der Waals surface area contributed by atoms with E-state index in [1.54, 1.807) is 22.8 Å². The van der Waals surface area contributed by atoms with E-state index < -0.39 is 11.2 Å². The van der Waals surface area contributed by atoms with Gasteiger partial charge in [0.2, 0.25) is 5.91 Å². The normalized spacial score (nSPS) is 12.2. The van der Waals surface area contributed by atoms with Crippen LogP contribution >= 0.6 is 23.4 Å². The van der Waals surface area contributed by atoms with E-state index in [2.05, 4.69) is 4.98 Å². The van der Waals surface area contributed by atoms with Crippen molar-refractivity contribution in [3.8, 4) is 0 Å². The van der Waals surface area contributed by atoms with Gasteiger partial charge in [-0.2, -0.15) is 0 Å². The molecule has 7 heteroatoms. The summed E-state index contributed by atoms with van der Waals surface area (Å²) in [5.41, 5.74) is 6.75. The van der Waals surface area contributed by atoms with Crippen LogP contribution in [0.15, 0.2) is 58.5 Å². The van der Waals surface area contributed by atoms with Crippen molar-refractivity contribution in [3.63, 3.8) is 0 Å². The van der Waals surface area contributed by atoms with E-state index in [-0.39, 0.29) is 5.56 Å². The highest BCUT2D eigenvalue weighted by Gasteiger charge is 2.23. The molecule has 0 saturated carbocycles. The van der Waals surface area contributed by atoms with Gasteiger partial charge in [-0.05, 0) is 30.2 Å². The van der Waals surface area contributed by atoms with Gasteiger partial charge in [-0.3, -0.25) is 14.2 Å². The van der Waals surface area contributed by atoms with Crippen LogP contribution in [0.2, 0.25) is 5.02 Å². The molecule has 0 saturated heterocycles. The third-order valence-corrected chi connectivity index (χ3v) is 5.41. The summed E-state index contributed by atoms with van der Waals surface area (Å²) in [6.45, 7) is 2.49. The zero-order valence-electron chi connectivity index (χ0n) is 14.2. The van der Waals surface area contributed by atoms with Gasteiger partial charge in [0.15, 0.2) is 5.16 Å². The Morgan fingerprint density at radius 3 is 2.65 bits per heavy atom. The molecule has 1 amide bonds. The lowest BCUT2D eigenvalue weighted by molar-refractivity contribution is -0.117. The first-order chi connectivity index (χ1) is 12.5. The highest BCUT2D eigenvalue weighted by Crippen LogP contribution is 2.34. The Balaban J connectivity index is 2.14. The van der Waals surface area contributed by atoms with Crippen molar-refractivity contribution in [3.05, 3.63) is 69.5 Å². The van der Waals surface area contributed by atoms with Gasteiger partial charge >= 0.3 is 0 Å². The molecule has 134 valence electrons. The van der Waals surface area contributed by atoms with E-state index in [1.807, 2.05) is 37.3 Å². The molecule has 0 spiro atoms. The number of thioether (sulfide) groups is 1. The molecule has 0 fully saturated rings. The molecule has 0 bridgehead atoms. The SMILES string of the molecule is CCCn1c(SC(C(N)=O)c2ccccc2)nc2cc(Cl)ccc2c1=O. The van der Waals surface area contributed by atoms with Gasteiger partial charge in [0, 0.05) is 11.6 Å². The number of halogens is 1. The first-order valence-electron chi connectivity index (χ1n) is 8.22. The fraction of sp³-hybridized carbons (Fsp3) is 0.211. The number of benzene rings is 2. The Morgan fingerprint density at radius 2 is 2.00 bits per heavy atom. The first-order valence-corrected chi connectivity index (χ1v) is 9.48. The number of nitrogens with zero attached hydrogens (tertiary/aromatic N) is 2. The van der Waals surface area contributed by atoms with E-state index in [1.165, 1.54) is 11.8 Å². The predicted molar refractivity (Wildman–Crippen MR) is 106 cm³/mol. The molecule has 1 unspecified atom stereocenters. The molecule has 0 aliphatic carbocycles. The van der Waals surface area contributed by atoms with Crippen LogP contribution < -0.4 is 11.3 Å². The Morgan fingerprint density at radius 1 is 1.27 bits per heavy atom. The average molecular weight is 388 g/mol. The summed E-state index contributed by atoms with van der Waals surface area (Å²) in [4.78, 5) is 29.5. The van der Waals surface area contributed by atoms with Crippen LogP contribution in [-0.2, 0) is 11.3 Å². The van der Waals surface area contributed by atoms with Crippen LogP contribution in [0.3, 0.4) is 0 Å². The highest BCUT2D eigenvalue weighted by molar-refractivity contribution is 8.00. The molecule has 2 N–H and O–H groups in total. The average Bonchev–Trinajstić information content (AvgIpc) is 2.62. The largest absolute Gasteiger partial charge is 0.368 e. The number of hydrogen-bond donors (Lipinski definition) is 1. The van der Waals surface area contributed by atoms with Gasteiger partial charge in [-0.15, -0.1) is 0 Å². The Bertz CT molecular complexity index is 1000. The van der Waals surface area contributed by atoms with Crippen LogP contribution in [0.5, 0.6) is 0 Å². The number of nitrogens with two attached hydrogens (primary N) is 1. The molecule has 5 nitrogen and oxygen atoms in total. The van der Waals surface area contributed by atoms with E-state index in [9.17, 15) is 9.59 Å². The fourth-order valence-electron chi connectivity index (χ4n) is 2.71. The summed E-state index contributed by atoms with van der Waals surface area (Å²) in [6.07, 6.45) is 0.765. The van der Waals surface area contributed by atoms with Crippen molar-refractivity contribution in [1.82, 2.24) is 9.55 Å². The third kappa shape index (κ3) is 3.76. The zero-order valence-corrected chi connectivity index (χ0v) is 15.8. The van der Waals surface area contributed by atoms with Crippen molar-refractivity contribution >= 4 is 40.2 Å². The third-order valence-electron chi connectivity index (χ3n) is 3.91. The number of amides is 1. The van der Waals surface area contributed by atoms with Gasteiger partial charge in [0.05, 0.1) is 10.9 Å². The van der Waals surface area contributed by atoms with E-state index in [4.69, 9.17) is 17.3 Å². The summed E-state index contributed by atoms with van der Waals surface area (Å²) in [5.74, 6) is -0.482. The van der Waals surface area contributed by atoms with E-state index in [0.717, 1.165) is 12.0 Å². The van der Waals surface area contributed by atoms with Crippen LogP contribution in [0.25, 0.3) is 10.9 Å². The number of rotatable bonds is 6. The first kappa shape index (κ1) is 18.5. The minimum atomic E-state index is -0.636. The molecular weight excluding hydrogens is 370 g/mol. The number of hydrogen-bond acceptors (Lipinski definition) is 4. The van der Waals surface area contributed by atoms with Crippen molar-refractivity contribution in [2.45, 2.75) is 30.3 Å². The Kier molecular flexibility index (Phi) is 5.64. The monoisotopic (exact) mass is 387 g/mol. The Hall–Kier alpha value is -2.31. The second-order valence-corrected chi connectivity index (χ2v) is 7.33. The van der Waals surface area contributed by atoms with Gasteiger partial charge in [-0.1, -0.05) is 60.6 Å². The zero-order chi connectivity index (χ0) is 18.7. The summed E-state index contributed by atoms with van der Waals surface area (Å²) in [6, 6.07) is 14.2. The lowest BCUT2D eigenvalue weighted by atomic mass is 10.1. The Labute approximate surface area is 160 Å². The lowest BCUT2D eigenvalue weighted by Gasteiger charge is -2.17. The van der Waals surface area contributed by atoms with Gasteiger partial charge < -0.3 is 5.73 Å². The van der Waals surface area contributed by atoms with Crippen LogP contribution in [-0.4, -0.2) is 15.5 Å². The summed E-state index contributed by atoms with van der Waals surface area (Å²) >= 11 is 7.23. The van der Waals surface area contributed by atoms with Gasteiger partial charge in [-0.25, -0.2) is 4.98 Å². The minimum absolute atomic E-state index is 0.146. The maximum atomic E-state index is 12.9. The topological polar surface area (TPSA) is 78.0 Å². The second-order valence-electron chi connectivity index (χ2n) is 5.82. The molecular formula is C19H18ClN3O2S. The fourth-order valence-corrected chi connectivity index (χ4v) is 3.95. The maximum Gasteiger partial charge on any atom is 0.262 e. The standard InChI is InChI=1S/C19H18ClN3O2S/c1-2-10-23-18(25)14-9-8-13(20)11-15(14)22-19(23)26-16(17(21)24)12-6-4-3-5-7-12/h3-9,11,16H,2,10H2,1H3,(H2,21,24). The van der Waals surface area contributed by atoms with Crippen molar-refractivity contribution in [2.75, 3.05) is 0 Å². The molecule has 1 heterocycles. The van der Waals surface area contributed by atoms with E-state index >= 15 is 0 Å². The molecule has 1 atom stereocenters. The number of carbonyl (C=O) groups is 1. The van der Waals surface area contributed by atoms with Crippen molar-refractivity contribution in [2.24, 2.45) is 5.73 Å². The number of aromatic nitrogens is 2. The van der Waals surface area contributed by atoms with Crippen LogP contribution in [0.4, 0.5) is 0 Å². The molecule has 0 aliphatic heterocycles. The predicted octanol–water partition coefficient (Wildman–Crippen LogP) is 3.78. The molecule has 1 aromatic heterocycles. The number of primary amides is 1. The number of carbonyl (C=O) groups excluding carboxylic acids is 1.